The molecule has 8 nitrogen and oxygen atoms in total. The summed E-state index contributed by atoms with van der Waals surface area (Å²) in [5.74, 6) is -1.24. The molecular formula is C17H13N3O5S. The summed E-state index contributed by atoms with van der Waals surface area (Å²) in [5.41, 5.74) is 3.02. The maximum atomic E-state index is 12.4. The van der Waals surface area contributed by atoms with Gasteiger partial charge in [0, 0.05) is 0 Å². The fourth-order valence-electron chi connectivity index (χ4n) is 2.88. The topological polar surface area (TPSA) is 99.9 Å². The lowest BCUT2D eigenvalue weighted by Crippen LogP contribution is -2.49. The van der Waals surface area contributed by atoms with Crippen molar-refractivity contribution in [3.63, 3.8) is 0 Å². The van der Waals surface area contributed by atoms with Crippen molar-refractivity contribution in [3.05, 3.63) is 59.5 Å². The number of imide groups is 1. The highest BCUT2D eigenvalue weighted by atomic mass is 32.2. The van der Waals surface area contributed by atoms with Crippen molar-refractivity contribution in [1.29, 1.82) is 0 Å². The van der Waals surface area contributed by atoms with Gasteiger partial charge in [-0.05, 0) is 24.3 Å². The van der Waals surface area contributed by atoms with Crippen LogP contribution in [0.3, 0.4) is 0 Å². The standard InChI is InChI=1S/C17H13N3O5S/c21-13(8-19-15(23)10-4-1-2-5-11(10)16(19)24)18-20-14(22)9-26-17(20)12-6-3-7-25-12/h1-7,17H,8-9H2,(H,18,21). The number of nitrogens with one attached hydrogen (secondary N) is 1. The average molecular weight is 371 g/mol. The Bertz CT molecular complexity index is 876. The molecule has 0 radical (unpaired) electrons. The van der Waals surface area contributed by atoms with Crippen LogP contribution in [0.1, 0.15) is 31.9 Å². The second-order valence-electron chi connectivity index (χ2n) is 5.72. The molecule has 26 heavy (non-hydrogen) atoms. The number of hydrogen-bond acceptors (Lipinski definition) is 6. The van der Waals surface area contributed by atoms with Crippen LogP contribution >= 0.6 is 11.8 Å². The Balaban J connectivity index is 1.47. The molecule has 2 aliphatic heterocycles. The first kappa shape index (κ1) is 16.4. The van der Waals surface area contributed by atoms with Crippen molar-refractivity contribution >= 4 is 35.4 Å². The molecule has 4 amide bonds. The molecule has 0 aliphatic carbocycles. The summed E-state index contributed by atoms with van der Waals surface area (Å²) in [7, 11) is 0. The number of hydrogen-bond donors (Lipinski definition) is 1. The molecule has 1 aromatic carbocycles. The third-order valence-electron chi connectivity index (χ3n) is 4.08. The van der Waals surface area contributed by atoms with Crippen molar-refractivity contribution in [2.75, 3.05) is 12.3 Å². The molecule has 0 bridgehead atoms. The Kier molecular flexibility index (Phi) is 4.00. The Hall–Kier alpha value is -3.07. The first-order valence-electron chi connectivity index (χ1n) is 7.78. The second-order valence-corrected chi connectivity index (χ2v) is 6.79. The van der Waals surface area contributed by atoms with E-state index in [2.05, 4.69) is 5.43 Å². The van der Waals surface area contributed by atoms with Crippen molar-refractivity contribution in [2.24, 2.45) is 0 Å². The van der Waals surface area contributed by atoms with Crippen LogP contribution < -0.4 is 5.43 Å². The van der Waals surface area contributed by atoms with E-state index in [0.717, 1.165) is 4.90 Å². The molecule has 0 spiro atoms. The summed E-state index contributed by atoms with van der Waals surface area (Å²) in [6, 6.07) is 9.79. The molecule has 1 aromatic heterocycles. The number of fused-ring (bicyclic) bond motifs is 1. The Morgan fingerprint density at radius 1 is 1.12 bits per heavy atom. The number of amides is 4. The van der Waals surface area contributed by atoms with Gasteiger partial charge in [0.05, 0.1) is 23.1 Å². The van der Waals surface area contributed by atoms with Gasteiger partial charge in [0.2, 0.25) is 0 Å². The Morgan fingerprint density at radius 2 is 1.81 bits per heavy atom. The summed E-state index contributed by atoms with van der Waals surface area (Å²) in [6.45, 7) is -0.467. The molecule has 9 heteroatoms. The van der Waals surface area contributed by atoms with Gasteiger partial charge >= 0.3 is 0 Å². The maximum Gasteiger partial charge on any atom is 0.262 e. The van der Waals surface area contributed by atoms with Crippen molar-refractivity contribution in [3.8, 4) is 0 Å². The zero-order valence-electron chi connectivity index (χ0n) is 13.4. The maximum absolute atomic E-state index is 12.4. The van der Waals surface area contributed by atoms with Crippen LogP contribution in [0.4, 0.5) is 0 Å². The summed E-state index contributed by atoms with van der Waals surface area (Å²) >= 11 is 1.31. The number of rotatable bonds is 4. The van der Waals surface area contributed by atoms with Gasteiger partial charge in [-0.25, -0.2) is 5.01 Å². The van der Waals surface area contributed by atoms with E-state index in [9.17, 15) is 19.2 Å². The van der Waals surface area contributed by atoms with Crippen LogP contribution in [-0.4, -0.2) is 45.8 Å². The minimum atomic E-state index is -0.632. The molecule has 132 valence electrons. The lowest BCUT2D eigenvalue weighted by Gasteiger charge is -2.24. The lowest BCUT2D eigenvalue weighted by atomic mass is 10.1. The number of hydrazine groups is 1. The number of carbonyl (C=O) groups excluding carboxylic acids is 4. The first-order valence-corrected chi connectivity index (χ1v) is 8.83. The number of nitrogens with zero attached hydrogens (tertiary/aromatic N) is 2. The lowest BCUT2D eigenvalue weighted by molar-refractivity contribution is -0.139. The second kappa shape index (κ2) is 6.34. The van der Waals surface area contributed by atoms with E-state index in [1.807, 2.05) is 0 Å². The zero-order valence-corrected chi connectivity index (χ0v) is 14.2. The van der Waals surface area contributed by atoms with Gasteiger partial charge < -0.3 is 4.42 Å². The predicted octanol–water partition coefficient (Wildman–Crippen LogP) is 1.18. The Morgan fingerprint density at radius 3 is 2.42 bits per heavy atom. The summed E-state index contributed by atoms with van der Waals surface area (Å²) in [4.78, 5) is 49.9. The first-order chi connectivity index (χ1) is 12.6. The largest absolute Gasteiger partial charge is 0.466 e. The molecule has 1 fully saturated rings. The van der Waals surface area contributed by atoms with Gasteiger partial charge in [-0.2, -0.15) is 0 Å². The van der Waals surface area contributed by atoms with Gasteiger partial charge in [0.1, 0.15) is 12.3 Å². The van der Waals surface area contributed by atoms with Gasteiger partial charge in [0.25, 0.3) is 23.6 Å². The third kappa shape index (κ3) is 2.66. The van der Waals surface area contributed by atoms with E-state index < -0.39 is 29.6 Å². The highest BCUT2D eigenvalue weighted by Crippen LogP contribution is 2.37. The number of thioether (sulfide) groups is 1. The molecule has 3 heterocycles. The molecule has 1 atom stereocenters. The molecular weight excluding hydrogens is 358 g/mol. The van der Waals surface area contributed by atoms with Gasteiger partial charge in [-0.3, -0.25) is 29.5 Å². The number of furan rings is 1. The molecule has 4 rings (SSSR count). The van der Waals surface area contributed by atoms with Crippen LogP contribution in [0.25, 0.3) is 0 Å². The molecule has 1 N–H and O–H groups in total. The van der Waals surface area contributed by atoms with E-state index in [1.165, 1.54) is 23.0 Å². The molecule has 2 aromatic rings. The summed E-state index contributed by atoms with van der Waals surface area (Å²) < 4.78 is 5.30. The SMILES string of the molecule is O=C(CN1C(=O)c2ccccc2C1=O)NN1C(=O)CSC1c1ccco1. The van der Waals surface area contributed by atoms with Gasteiger partial charge in [0.15, 0.2) is 5.37 Å². The molecule has 2 aliphatic rings. The van der Waals surface area contributed by atoms with Gasteiger partial charge in [-0.15, -0.1) is 11.8 Å². The van der Waals surface area contributed by atoms with E-state index in [1.54, 1.807) is 36.4 Å². The fourth-order valence-corrected chi connectivity index (χ4v) is 3.94. The average Bonchev–Trinajstić information content (AvgIpc) is 3.33. The number of benzene rings is 1. The molecule has 0 saturated carbocycles. The van der Waals surface area contributed by atoms with Crippen LogP contribution in [0.5, 0.6) is 0 Å². The fraction of sp³-hybridized carbons (Fsp3) is 0.176. The van der Waals surface area contributed by atoms with Crippen LogP contribution in [0.15, 0.2) is 47.1 Å². The summed E-state index contributed by atoms with van der Waals surface area (Å²) in [6.07, 6.45) is 1.48. The monoisotopic (exact) mass is 371 g/mol. The smallest absolute Gasteiger partial charge is 0.262 e. The molecule has 1 saturated heterocycles. The zero-order chi connectivity index (χ0) is 18.3. The van der Waals surface area contributed by atoms with E-state index in [4.69, 9.17) is 4.42 Å². The van der Waals surface area contributed by atoms with Gasteiger partial charge in [-0.1, -0.05) is 12.1 Å². The third-order valence-corrected chi connectivity index (χ3v) is 5.25. The highest BCUT2D eigenvalue weighted by molar-refractivity contribution is 8.00. The van der Waals surface area contributed by atoms with Crippen molar-refractivity contribution < 1.29 is 23.6 Å². The summed E-state index contributed by atoms with van der Waals surface area (Å²) in [5, 5.41) is 0.688. The van der Waals surface area contributed by atoms with Crippen molar-refractivity contribution in [2.45, 2.75) is 5.37 Å². The predicted molar refractivity (Wildman–Crippen MR) is 90.7 cm³/mol. The Labute approximate surface area is 152 Å². The minimum absolute atomic E-state index is 0.193. The van der Waals surface area contributed by atoms with Crippen molar-refractivity contribution in [1.82, 2.24) is 15.3 Å². The van der Waals surface area contributed by atoms with E-state index in [-0.39, 0.29) is 22.8 Å². The van der Waals surface area contributed by atoms with Crippen LogP contribution in [-0.2, 0) is 9.59 Å². The van der Waals surface area contributed by atoms with Crippen LogP contribution in [0.2, 0.25) is 0 Å². The highest BCUT2D eigenvalue weighted by Gasteiger charge is 2.39. The normalized spacial score (nSPS) is 19.2. The minimum Gasteiger partial charge on any atom is -0.466 e. The quantitative estimate of drug-likeness (QED) is 0.810. The van der Waals surface area contributed by atoms with E-state index >= 15 is 0 Å². The molecule has 1 unspecified atom stereocenters. The number of carbonyl (C=O) groups is 4. The van der Waals surface area contributed by atoms with E-state index in [0.29, 0.717) is 5.76 Å². The van der Waals surface area contributed by atoms with Crippen LogP contribution in [0, 0.1) is 0 Å².